The third kappa shape index (κ3) is 6.35. The lowest BCUT2D eigenvalue weighted by Gasteiger charge is -2.32. The Bertz CT molecular complexity index is 305. The standard InChI is InChI=1S/C15H29N3OS.ClH/c1-17(2)8-9-18(14-5-3-4-6-14)15(19)11-13-12-20-10-7-16-13;/h13-14,16H,3-12H2,1-2H3;1H. The van der Waals surface area contributed by atoms with E-state index in [2.05, 4.69) is 29.2 Å². The van der Waals surface area contributed by atoms with Crippen LogP contribution in [0.3, 0.4) is 0 Å². The molecule has 1 saturated carbocycles. The van der Waals surface area contributed by atoms with E-state index in [0.29, 0.717) is 24.4 Å². The average molecular weight is 336 g/mol. The largest absolute Gasteiger partial charge is 0.338 e. The highest BCUT2D eigenvalue weighted by molar-refractivity contribution is 7.99. The second-order valence-electron chi connectivity index (χ2n) is 6.26. The van der Waals surface area contributed by atoms with Gasteiger partial charge in [0.25, 0.3) is 0 Å². The molecule has 1 saturated heterocycles. The smallest absolute Gasteiger partial charge is 0.224 e. The van der Waals surface area contributed by atoms with Gasteiger partial charge in [0, 0.05) is 49.6 Å². The van der Waals surface area contributed by atoms with Gasteiger partial charge >= 0.3 is 0 Å². The number of halogens is 1. The van der Waals surface area contributed by atoms with E-state index in [1.54, 1.807) is 0 Å². The molecule has 1 unspecified atom stereocenters. The lowest BCUT2D eigenvalue weighted by atomic mass is 10.1. The predicted octanol–water partition coefficient (Wildman–Crippen LogP) is 1.84. The Morgan fingerprint density at radius 3 is 2.52 bits per heavy atom. The SMILES string of the molecule is CN(C)CCN(C(=O)CC1CSCCN1)C1CCCC1.Cl. The molecule has 4 nitrogen and oxygen atoms in total. The molecule has 0 aromatic heterocycles. The minimum atomic E-state index is 0. The number of thioether (sulfide) groups is 1. The van der Waals surface area contributed by atoms with Crippen molar-refractivity contribution in [2.45, 2.75) is 44.2 Å². The first-order valence-corrected chi connectivity index (χ1v) is 9.07. The van der Waals surface area contributed by atoms with E-state index in [1.165, 1.54) is 31.4 Å². The Hall–Kier alpha value is 0.0300. The summed E-state index contributed by atoms with van der Waals surface area (Å²) in [4.78, 5) is 17.0. The van der Waals surface area contributed by atoms with Gasteiger partial charge < -0.3 is 15.1 Å². The van der Waals surface area contributed by atoms with Gasteiger partial charge in [0.05, 0.1) is 0 Å². The summed E-state index contributed by atoms with van der Waals surface area (Å²) in [6, 6.07) is 0.878. The summed E-state index contributed by atoms with van der Waals surface area (Å²) < 4.78 is 0. The van der Waals surface area contributed by atoms with E-state index in [-0.39, 0.29) is 12.4 Å². The summed E-state index contributed by atoms with van der Waals surface area (Å²) in [6.07, 6.45) is 5.65. The summed E-state index contributed by atoms with van der Waals surface area (Å²) in [6.45, 7) is 2.90. The number of hydrogen-bond donors (Lipinski definition) is 1. The van der Waals surface area contributed by atoms with Crippen molar-refractivity contribution in [3.63, 3.8) is 0 Å². The lowest BCUT2D eigenvalue weighted by molar-refractivity contribution is -0.134. The minimum Gasteiger partial charge on any atom is -0.338 e. The van der Waals surface area contributed by atoms with Gasteiger partial charge in [-0.1, -0.05) is 12.8 Å². The molecular formula is C15H30ClN3OS. The zero-order valence-corrected chi connectivity index (χ0v) is 15.0. The maximum absolute atomic E-state index is 12.7. The van der Waals surface area contributed by atoms with Crippen molar-refractivity contribution < 1.29 is 4.79 Å². The lowest BCUT2D eigenvalue weighted by Crippen LogP contribution is -2.47. The van der Waals surface area contributed by atoms with E-state index in [0.717, 1.165) is 25.4 Å². The summed E-state index contributed by atoms with van der Waals surface area (Å²) in [5.41, 5.74) is 0. The number of carbonyl (C=O) groups excluding carboxylic acids is 1. The number of hydrogen-bond acceptors (Lipinski definition) is 4. The van der Waals surface area contributed by atoms with Crippen LogP contribution in [0, 0.1) is 0 Å². The van der Waals surface area contributed by atoms with Crippen molar-refractivity contribution in [1.82, 2.24) is 15.1 Å². The third-order valence-corrected chi connectivity index (χ3v) is 5.42. The van der Waals surface area contributed by atoms with Gasteiger partial charge in [-0.05, 0) is 26.9 Å². The first-order chi connectivity index (χ1) is 9.66. The average Bonchev–Trinajstić information content (AvgIpc) is 2.93. The van der Waals surface area contributed by atoms with Gasteiger partial charge in [0.2, 0.25) is 5.91 Å². The van der Waals surface area contributed by atoms with Crippen molar-refractivity contribution in [2.75, 3.05) is 45.2 Å². The van der Waals surface area contributed by atoms with Crippen molar-refractivity contribution in [1.29, 1.82) is 0 Å². The highest BCUT2D eigenvalue weighted by Gasteiger charge is 2.28. The van der Waals surface area contributed by atoms with Crippen LogP contribution < -0.4 is 5.32 Å². The first kappa shape index (κ1) is 19.1. The van der Waals surface area contributed by atoms with Gasteiger partial charge in [0.1, 0.15) is 0 Å². The van der Waals surface area contributed by atoms with Crippen molar-refractivity contribution in [3.05, 3.63) is 0 Å². The highest BCUT2D eigenvalue weighted by atomic mass is 35.5. The Kier molecular flexibility index (Phi) is 9.02. The van der Waals surface area contributed by atoms with Crippen LogP contribution in [0.1, 0.15) is 32.1 Å². The van der Waals surface area contributed by atoms with Crippen LogP contribution >= 0.6 is 24.2 Å². The summed E-state index contributed by atoms with van der Waals surface area (Å²) in [7, 11) is 4.16. The maximum Gasteiger partial charge on any atom is 0.224 e. The predicted molar refractivity (Wildman–Crippen MR) is 93.5 cm³/mol. The molecule has 1 aliphatic carbocycles. The van der Waals surface area contributed by atoms with Gasteiger partial charge in [-0.3, -0.25) is 4.79 Å². The van der Waals surface area contributed by atoms with E-state index < -0.39 is 0 Å². The molecule has 6 heteroatoms. The molecule has 1 aliphatic heterocycles. The molecule has 124 valence electrons. The number of nitrogens with one attached hydrogen (secondary N) is 1. The molecule has 0 bridgehead atoms. The van der Waals surface area contributed by atoms with E-state index in [9.17, 15) is 4.79 Å². The zero-order valence-electron chi connectivity index (χ0n) is 13.3. The number of nitrogens with zero attached hydrogens (tertiary/aromatic N) is 2. The minimum absolute atomic E-state index is 0. The number of likely N-dealkylation sites (N-methyl/N-ethyl adjacent to an activating group) is 1. The summed E-state index contributed by atoms with van der Waals surface area (Å²) in [5, 5.41) is 3.48. The normalized spacial score (nSPS) is 23.1. The van der Waals surface area contributed by atoms with Crippen LogP contribution in [-0.2, 0) is 4.79 Å². The van der Waals surface area contributed by atoms with Gasteiger partial charge in [-0.2, -0.15) is 11.8 Å². The number of carbonyl (C=O) groups is 1. The topological polar surface area (TPSA) is 35.6 Å². The zero-order chi connectivity index (χ0) is 14.4. The van der Waals surface area contributed by atoms with Crippen LogP contribution in [-0.4, -0.2) is 73.0 Å². The quantitative estimate of drug-likeness (QED) is 0.803. The van der Waals surface area contributed by atoms with Gasteiger partial charge in [-0.15, -0.1) is 12.4 Å². The second kappa shape index (κ2) is 9.93. The molecule has 1 amide bonds. The fraction of sp³-hybridized carbons (Fsp3) is 0.933. The molecule has 1 heterocycles. The van der Waals surface area contributed by atoms with E-state index >= 15 is 0 Å². The molecule has 1 atom stereocenters. The number of rotatable bonds is 6. The van der Waals surface area contributed by atoms with Crippen LogP contribution in [0.25, 0.3) is 0 Å². The molecule has 2 aliphatic rings. The summed E-state index contributed by atoms with van der Waals surface area (Å²) >= 11 is 1.97. The molecule has 2 rings (SSSR count). The third-order valence-electron chi connectivity index (χ3n) is 4.29. The summed E-state index contributed by atoms with van der Waals surface area (Å²) in [5.74, 6) is 2.62. The Morgan fingerprint density at radius 2 is 1.95 bits per heavy atom. The van der Waals surface area contributed by atoms with Crippen LogP contribution in [0.15, 0.2) is 0 Å². The van der Waals surface area contributed by atoms with Crippen LogP contribution in [0.5, 0.6) is 0 Å². The van der Waals surface area contributed by atoms with Gasteiger partial charge in [0.15, 0.2) is 0 Å². The Labute approximate surface area is 139 Å². The van der Waals surface area contributed by atoms with Crippen LogP contribution in [0.4, 0.5) is 0 Å². The van der Waals surface area contributed by atoms with Crippen LogP contribution in [0.2, 0.25) is 0 Å². The van der Waals surface area contributed by atoms with Gasteiger partial charge in [-0.25, -0.2) is 0 Å². The molecule has 0 spiro atoms. The monoisotopic (exact) mass is 335 g/mol. The van der Waals surface area contributed by atoms with Crippen molar-refractivity contribution in [3.8, 4) is 0 Å². The van der Waals surface area contributed by atoms with Crippen molar-refractivity contribution >= 4 is 30.1 Å². The fourth-order valence-corrected chi connectivity index (χ4v) is 4.06. The van der Waals surface area contributed by atoms with E-state index in [1.807, 2.05) is 11.8 Å². The molecule has 0 radical (unpaired) electrons. The Morgan fingerprint density at radius 1 is 1.24 bits per heavy atom. The Balaban J connectivity index is 0.00000220. The fourth-order valence-electron chi connectivity index (χ4n) is 3.11. The van der Waals surface area contributed by atoms with Crippen molar-refractivity contribution in [2.24, 2.45) is 0 Å². The molecular weight excluding hydrogens is 306 g/mol. The molecule has 1 N–H and O–H groups in total. The van der Waals surface area contributed by atoms with E-state index in [4.69, 9.17) is 0 Å². The first-order valence-electron chi connectivity index (χ1n) is 7.92. The molecule has 0 aromatic rings. The number of amides is 1. The molecule has 2 fully saturated rings. The highest BCUT2D eigenvalue weighted by Crippen LogP contribution is 2.24. The second-order valence-corrected chi connectivity index (χ2v) is 7.41. The maximum atomic E-state index is 12.7. The molecule has 0 aromatic carbocycles. The molecule has 21 heavy (non-hydrogen) atoms.